The first-order chi connectivity index (χ1) is 14.5. The van der Waals surface area contributed by atoms with E-state index in [1.165, 1.54) is 0 Å². The molecule has 3 aromatic rings. The van der Waals surface area contributed by atoms with Crippen LogP contribution in [0.15, 0.2) is 76.8 Å². The van der Waals surface area contributed by atoms with Gasteiger partial charge in [-0.05, 0) is 76.0 Å². The lowest BCUT2D eigenvalue weighted by molar-refractivity contribution is -0.112. The molecule has 6 heteroatoms. The van der Waals surface area contributed by atoms with Crippen molar-refractivity contribution in [1.82, 2.24) is 0 Å². The highest BCUT2D eigenvalue weighted by atomic mass is 79.9. The third-order valence-corrected chi connectivity index (χ3v) is 5.20. The molecule has 0 aromatic heterocycles. The molecular formula is C24H18BrClN2O2. The fourth-order valence-corrected chi connectivity index (χ4v) is 3.32. The highest BCUT2D eigenvalue weighted by molar-refractivity contribution is 9.10. The normalized spacial score (nSPS) is 10.9. The van der Waals surface area contributed by atoms with Gasteiger partial charge in [-0.1, -0.05) is 48.0 Å². The molecule has 30 heavy (non-hydrogen) atoms. The number of anilines is 1. The van der Waals surface area contributed by atoms with E-state index in [2.05, 4.69) is 21.2 Å². The van der Waals surface area contributed by atoms with Crippen LogP contribution in [0, 0.1) is 18.3 Å². The van der Waals surface area contributed by atoms with E-state index in [0.29, 0.717) is 28.6 Å². The summed E-state index contributed by atoms with van der Waals surface area (Å²) in [4.78, 5) is 12.5. The maximum absolute atomic E-state index is 12.5. The molecule has 0 unspecified atom stereocenters. The lowest BCUT2D eigenvalue weighted by Gasteiger charge is -2.10. The van der Waals surface area contributed by atoms with Crippen LogP contribution in [-0.2, 0) is 11.4 Å². The Labute approximate surface area is 188 Å². The zero-order valence-electron chi connectivity index (χ0n) is 16.2. The van der Waals surface area contributed by atoms with E-state index >= 15 is 0 Å². The number of rotatable bonds is 6. The van der Waals surface area contributed by atoms with Gasteiger partial charge in [-0.15, -0.1) is 0 Å². The van der Waals surface area contributed by atoms with Crippen molar-refractivity contribution in [2.75, 3.05) is 5.32 Å². The van der Waals surface area contributed by atoms with E-state index in [1.807, 2.05) is 55.5 Å². The molecule has 0 aliphatic carbocycles. The van der Waals surface area contributed by atoms with Crippen LogP contribution >= 0.6 is 27.5 Å². The van der Waals surface area contributed by atoms with Crippen LogP contribution in [0.3, 0.4) is 0 Å². The Bertz CT molecular complexity index is 1130. The van der Waals surface area contributed by atoms with Crippen LogP contribution < -0.4 is 10.1 Å². The third kappa shape index (κ3) is 5.73. The maximum Gasteiger partial charge on any atom is 0.266 e. The quantitative estimate of drug-likeness (QED) is 0.321. The standard InChI is InChI=1S/C24H18BrClN2O2/c1-16-4-2-3-5-22(16)28-24(29)19(14-27)12-18-8-11-23(21(25)13-18)30-15-17-6-9-20(26)10-7-17/h2-13H,15H2,1H3,(H,28,29)/b19-12-. The Morgan fingerprint density at radius 3 is 2.57 bits per heavy atom. The average molecular weight is 482 g/mol. The number of hydrogen-bond acceptors (Lipinski definition) is 3. The number of ether oxygens (including phenoxy) is 1. The Balaban J connectivity index is 1.71. The molecule has 1 N–H and O–H groups in total. The van der Waals surface area contributed by atoms with Crippen molar-refractivity contribution in [3.05, 3.63) is 98.5 Å². The van der Waals surface area contributed by atoms with Gasteiger partial charge < -0.3 is 10.1 Å². The maximum atomic E-state index is 12.5. The van der Waals surface area contributed by atoms with Crippen molar-refractivity contribution >= 4 is 45.2 Å². The molecule has 0 bridgehead atoms. The summed E-state index contributed by atoms with van der Waals surface area (Å²) in [5.74, 6) is 0.205. The molecule has 3 rings (SSSR count). The van der Waals surface area contributed by atoms with Crippen LogP contribution in [-0.4, -0.2) is 5.91 Å². The Morgan fingerprint density at radius 1 is 1.17 bits per heavy atom. The third-order valence-electron chi connectivity index (χ3n) is 4.33. The fraction of sp³-hybridized carbons (Fsp3) is 0.0833. The predicted molar refractivity (Wildman–Crippen MR) is 123 cm³/mol. The molecule has 0 fully saturated rings. The second-order valence-electron chi connectivity index (χ2n) is 6.54. The van der Waals surface area contributed by atoms with Gasteiger partial charge in [0.15, 0.2) is 0 Å². The minimum Gasteiger partial charge on any atom is -0.488 e. The first kappa shape index (κ1) is 21.6. The first-order valence-corrected chi connectivity index (χ1v) is 10.3. The number of amides is 1. The largest absolute Gasteiger partial charge is 0.488 e. The van der Waals surface area contributed by atoms with Gasteiger partial charge in [0.1, 0.15) is 24.0 Å². The van der Waals surface area contributed by atoms with E-state index in [-0.39, 0.29) is 5.57 Å². The van der Waals surface area contributed by atoms with Crippen LogP contribution in [0.1, 0.15) is 16.7 Å². The van der Waals surface area contributed by atoms with E-state index < -0.39 is 5.91 Å². The van der Waals surface area contributed by atoms with Gasteiger partial charge >= 0.3 is 0 Å². The van der Waals surface area contributed by atoms with Crippen LogP contribution in [0.5, 0.6) is 5.75 Å². The number of aryl methyl sites for hydroxylation is 1. The summed E-state index contributed by atoms with van der Waals surface area (Å²) < 4.78 is 6.56. The van der Waals surface area contributed by atoms with E-state index in [0.717, 1.165) is 15.6 Å². The molecule has 0 aliphatic rings. The zero-order valence-corrected chi connectivity index (χ0v) is 18.5. The van der Waals surface area contributed by atoms with Gasteiger partial charge in [0, 0.05) is 10.7 Å². The van der Waals surface area contributed by atoms with Crippen LogP contribution in [0.4, 0.5) is 5.69 Å². The van der Waals surface area contributed by atoms with Crippen molar-refractivity contribution in [3.63, 3.8) is 0 Å². The molecule has 0 spiro atoms. The number of carbonyl (C=O) groups is 1. The Morgan fingerprint density at radius 2 is 1.90 bits per heavy atom. The second-order valence-corrected chi connectivity index (χ2v) is 7.83. The molecule has 0 heterocycles. The monoisotopic (exact) mass is 480 g/mol. The van der Waals surface area contributed by atoms with Gasteiger partial charge in [-0.3, -0.25) is 4.79 Å². The lowest BCUT2D eigenvalue weighted by Crippen LogP contribution is -2.14. The predicted octanol–water partition coefficient (Wildman–Crippen LogP) is 6.54. The van der Waals surface area contributed by atoms with Crippen molar-refractivity contribution in [2.45, 2.75) is 13.5 Å². The summed E-state index contributed by atoms with van der Waals surface area (Å²) in [5, 5.41) is 12.9. The molecule has 1 amide bonds. The minimum absolute atomic E-state index is 0.0139. The number of nitriles is 1. The molecule has 4 nitrogen and oxygen atoms in total. The van der Waals surface area contributed by atoms with Gasteiger partial charge in [0.2, 0.25) is 0 Å². The van der Waals surface area contributed by atoms with Gasteiger partial charge in [-0.25, -0.2) is 0 Å². The fourth-order valence-electron chi connectivity index (χ4n) is 2.68. The SMILES string of the molecule is Cc1ccccc1NC(=O)/C(C#N)=C\c1ccc(OCc2ccc(Cl)cc2)c(Br)c1. The number of halogens is 2. The summed E-state index contributed by atoms with van der Waals surface area (Å²) >= 11 is 9.38. The van der Waals surface area contributed by atoms with E-state index in [4.69, 9.17) is 16.3 Å². The lowest BCUT2D eigenvalue weighted by atomic mass is 10.1. The minimum atomic E-state index is -0.453. The first-order valence-electron chi connectivity index (χ1n) is 9.12. The average Bonchev–Trinajstić information content (AvgIpc) is 2.74. The molecule has 0 atom stereocenters. The molecule has 0 aliphatic heterocycles. The smallest absolute Gasteiger partial charge is 0.266 e. The van der Waals surface area contributed by atoms with Gasteiger partial charge in [-0.2, -0.15) is 5.26 Å². The van der Waals surface area contributed by atoms with Crippen molar-refractivity contribution in [3.8, 4) is 11.8 Å². The summed E-state index contributed by atoms with van der Waals surface area (Å²) in [6.45, 7) is 2.29. The second kappa shape index (κ2) is 10.1. The van der Waals surface area contributed by atoms with Crippen LogP contribution in [0.25, 0.3) is 6.08 Å². The Kier molecular flexibility index (Phi) is 7.29. The number of nitrogens with zero attached hydrogens (tertiary/aromatic N) is 1. The molecule has 3 aromatic carbocycles. The van der Waals surface area contributed by atoms with Crippen molar-refractivity contribution in [1.29, 1.82) is 5.26 Å². The number of hydrogen-bond donors (Lipinski definition) is 1. The summed E-state index contributed by atoms with van der Waals surface area (Å²) in [6, 6.07) is 22.2. The molecule has 0 radical (unpaired) electrons. The summed E-state index contributed by atoms with van der Waals surface area (Å²) in [6.07, 6.45) is 1.54. The number of nitrogens with one attached hydrogen (secondary N) is 1. The zero-order chi connectivity index (χ0) is 21.5. The van der Waals surface area contributed by atoms with E-state index in [1.54, 1.807) is 30.3 Å². The van der Waals surface area contributed by atoms with Crippen molar-refractivity contribution in [2.24, 2.45) is 0 Å². The Hall–Kier alpha value is -3.07. The van der Waals surface area contributed by atoms with E-state index in [9.17, 15) is 10.1 Å². The van der Waals surface area contributed by atoms with Gasteiger partial charge in [0.05, 0.1) is 4.47 Å². The highest BCUT2D eigenvalue weighted by Gasteiger charge is 2.11. The highest BCUT2D eigenvalue weighted by Crippen LogP contribution is 2.28. The summed E-state index contributed by atoms with van der Waals surface area (Å²) in [7, 11) is 0. The molecule has 150 valence electrons. The topological polar surface area (TPSA) is 62.1 Å². The van der Waals surface area contributed by atoms with Gasteiger partial charge in [0.25, 0.3) is 5.91 Å². The number of benzene rings is 3. The van der Waals surface area contributed by atoms with Crippen molar-refractivity contribution < 1.29 is 9.53 Å². The number of para-hydroxylation sites is 1. The number of carbonyl (C=O) groups excluding carboxylic acids is 1. The van der Waals surface area contributed by atoms with Crippen LogP contribution in [0.2, 0.25) is 5.02 Å². The molecule has 0 saturated heterocycles. The molecule has 0 saturated carbocycles. The summed E-state index contributed by atoms with van der Waals surface area (Å²) in [5.41, 5.74) is 3.32. The molecular weight excluding hydrogens is 464 g/mol.